The Hall–Kier alpha value is -2.29. The van der Waals surface area contributed by atoms with E-state index in [4.69, 9.17) is 23.2 Å². The van der Waals surface area contributed by atoms with E-state index >= 15 is 0 Å². The highest BCUT2D eigenvalue weighted by atomic mass is 35.5. The summed E-state index contributed by atoms with van der Waals surface area (Å²) in [5.74, 6) is -0.892. The molecule has 2 aromatic carbocycles. The number of sulfonamides is 1. The summed E-state index contributed by atoms with van der Waals surface area (Å²) in [4.78, 5) is 27.8. The molecule has 7 nitrogen and oxygen atoms in total. The largest absolute Gasteiger partial charge is 0.354 e. The first-order valence-electron chi connectivity index (χ1n) is 11.4. The molecule has 10 heteroatoms. The van der Waals surface area contributed by atoms with Crippen molar-refractivity contribution < 1.29 is 18.0 Å². The number of carbonyl (C=O) groups excluding carboxylic acids is 2. The van der Waals surface area contributed by atoms with Crippen molar-refractivity contribution in [3.8, 4) is 0 Å². The molecule has 0 aliphatic carbocycles. The molecule has 2 rings (SSSR count). The minimum absolute atomic E-state index is 0.0514. The number of halogens is 2. The van der Waals surface area contributed by atoms with Gasteiger partial charge in [0.2, 0.25) is 21.8 Å². The predicted molar refractivity (Wildman–Crippen MR) is 142 cm³/mol. The van der Waals surface area contributed by atoms with Gasteiger partial charge in [-0.25, -0.2) is 8.42 Å². The average molecular weight is 543 g/mol. The molecule has 0 saturated heterocycles. The van der Waals surface area contributed by atoms with Gasteiger partial charge in [0.15, 0.2) is 0 Å². The average Bonchev–Trinajstić information content (AvgIpc) is 2.76. The smallest absolute Gasteiger partial charge is 0.244 e. The van der Waals surface area contributed by atoms with Crippen LogP contribution in [-0.2, 0) is 26.2 Å². The predicted octanol–water partition coefficient (Wildman–Crippen LogP) is 4.71. The quantitative estimate of drug-likeness (QED) is 0.417. The third-order valence-corrected chi connectivity index (χ3v) is 7.52. The monoisotopic (exact) mass is 541 g/mol. The summed E-state index contributed by atoms with van der Waals surface area (Å²) in [6, 6.07) is 9.42. The SMILES string of the molecule is CCCCNC(=O)C(C)N(Cc1c(Cl)cccc1Cl)C(=O)CN(c1ccc(C)cc1C)S(C)(=O)=O. The first kappa shape index (κ1) is 28.9. The molecule has 1 unspecified atom stereocenters. The zero-order chi connectivity index (χ0) is 26.3. The normalized spacial score (nSPS) is 12.2. The fourth-order valence-corrected chi connectivity index (χ4v) is 5.08. The molecule has 0 heterocycles. The molecule has 0 aliphatic heterocycles. The lowest BCUT2D eigenvalue weighted by molar-refractivity contribution is -0.139. The minimum Gasteiger partial charge on any atom is -0.354 e. The number of nitrogens with zero attached hydrogens (tertiary/aromatic N) is 2. The van der Waals surface area contributed by atoms with Crippen LogP contribution in [0.5, 0.6) is 0 Å². The van der Waals surface area contributed by atoms with Gasteiger partial charge < -0.3 is 10.2 Å². The second kappa shape index (κ2) is 12.6. The van der Waals surface area contributed by atoms with Gasteiger partial charge in [0.05, 0.1) is 11.9 Å². The van der Waals surface area contributed by atoms with Crippen LogP contribution in [0, 0.1) is 13.8 Å². The van der Waals surface area contributed by atoms with Gasteiger partial charge in [-0.15, -0.1) is 0 Å². The van der Waals surface area contributed by atoms with Gasteiger partial charge in [0, 0.05) is 28.7 Å². The highest BCUT2D eigenvalue weighted by molar-refractivity contribution is 7.92. The lowest BCUT2D eigenvalue weighted by Crippen LogP contribution is -2.51. The molecular weight excluding hydrogens is 509 g/mol. The molecule has 0 bridgehead atoms. The van der Waals surface area contributed by atoms with Crippen molar-refractivity contribution in [3.63, 3.8) is 0 Å². The lowest BCUT2D eigenvalue weighted by atomic mass is 10.1. The molecule has 0 aliphatic rings. The van der Waals surface area contributed by atoms with Crippen molar-refractivity contribution in [3.05, 3.63) is 63.1 Å². The van der Waals surface area contributed by atoms with Crippen LogP contribution in [0.2, 0.25) is 10.0 Å². The van der Waals surface area contributed by atoms with E-state index in [1.54, 1.807) is 44.2 Å². The fourth-order valence-electron chi connectivity index (χ4n) is 3.65. The second-order valence-electron chi connectivity index (χ2n) is 8.60. The van der Waals surface area contributed by atoms with Gasteiger partial charge in [-0.05, 0) is 51.0 Å². The fraction of sp³-hybridized carbons (Fsp3) is 0.440. The number of aryl methyl sites for hydroxylation is 2. The van der Waals surface area contributed by atoms with Gasteiger partial charge in [-0.1, -0.05) is 60.3 Å². The third-order valence-electron chi connectivity index (χ3n) is 5.69. The minimum atomic E-state index is -3.80. The summed E-state index contributed by atoms with van der Waals surface area (Å²) in [5, 5.41) is 3.53. The van der Waals surface area contributed by atoms with E-state index in [-0.39, 0.29) is 12.5 Å². The van der Waals surface area contributed by atoms with Gasteiger partial charge in [-0.3, -0.25) is 13.9 Å². The first-order chi connectivity index (χ1) is 16.4. The van der Waals surface area contributed by atoms with Crippen molar-refractivity contribution in [2.45, 2.75) is 53.1 Å². The maximum atomic E-state index is 13.6. The van der Waals surface area contributed by atoms with E-state index in [2.05, 4.69) is 5.32 Å². The van der Waals surface area contributed by atoms with Crippen molar-refractivity contribution in [2.75, 3.05) is 23.7 Å². The van der Waals surface area contributed by atoms with Crippen LogP contribution in [0.15, 0.2) is 36.4 Å². The molecule has 0 radical (unpaired) electrons. The molecule has 35 heavy (non-hydrogen) atoms. The van der Waals surface area contributed by atoms with Gasteiger partial charge in [-0.2, -0.15) is 0 Å². The Balaban J connectivity index is 2.44. The maximum absolute atomic E-state index is 13.6. The molecule has 1 N–H and O–H groups in total. The van der Waals surface area contributed by atoms with E-state index in [0.717, 1.165) is 29.0 Å². The number of nitrogens with one attached hydrogen (secondary N) is 1. The zero-order valence-electron chi connectivity index (χ0n) is 20.8. The van der Waals surface area contributed by atoms with Crippen LogP contribution in [0.25, 0.3) is 0 Å². The van der Waals surface area contributed by atoms with Crippen LogP contribution in [0.4, 0.5) is 5.69 Å². The van der Waals surface area contributed by atoms with Crippen molar-refractivity contribution in [2.24, 2.45) is 0 Å². The number of amides is 2. The van der Waals surface area contributed by atoms with Gasteiger partial charge in [0.1, 0.15) is 12.6 Å². The van der Waals surface area contributed by atoms with Crippen LogP contribution >= 0.6 is 23.2 Å². The second-order valence-corrected chi connectivity index (χ2v) is 11.3. The number of hydrogen-bond acceptors (Lipinski definition) is 4. The molecule has 0 aromatic heterocycles. The van der Waals surface area contributed by atoms with E-state index in [1.165, 1.54) is 4.90 Å². The van der Waals surface area contributed by atoms with Crippen molar-refractivity contribution in [1.29, 1.82) is 0 Å². The summed E-state index contributed by atoms with van der Waals surface area (Å²) >= 11 is 12.7. The van der Waals surface area contributed by atoms with Crippen LogP contribution in [0.1, 0.15) is 43.4 Å². The molecule has 0 saturated carbocycles. The van der Waals surface area contributed by atoms with E-state index < -0.39 is 28.5 Å². The van der Waals surface area contributed by atoms with E-state index in [1.807, 2.05) is 19.9 Å². The summed E-state index contributed by atoms with van der Waals surface area (Å²) in [7, 11) is -3.80. The van der Waals surface area contributed by atoms with E-state index in [0.29, 0.717) is 33.4 Å². The Kier molecular flexibility index (Phi) is 10.4. The summed E-state index contributed by atoms with van der Waals surface area (Å²) in [5.41, 5.74) is 2.57. The standard InChI is InChI=1S/C25H33Cl2N3O4S/c1-6-7-13-28-25(32)19(4)29(15-20-21(26)9-8-10-22(20)27)24(31)16-30(35(5,33)34)23-12-11-17(2)14-18(23)3/h8-12,14,19H,6-7,13,15-16H2,1-5H3,(H,28,32). The van der Waals surface area contributed by atoms with Gasteiger partial charge in [0.25, 0.3) is 0 Å². The van der Waals surface area contributed by atoms with Crippen molar-refractivity contribution in [1.82, 2.24) is 10.2 Å². The Morgan fingerprint density at radius 2 is 1.71 bits per heavy atom. The number of benzene rings is 2. The highest BCUT2D eigenvalue weighted by Gasteiger charge is 2.31. The Labute approximate surface area is 218 Å². The molecule has 0 spiro atoms. The maximum Gasteiger partial charge on any atom is 0.244 e. The topological polar surface area (TPSA) is 86.8 Å². The Morgan fingerprint density at radius 3 is 2.26 bits per heavy atom. The van der Waals surface area contributed by atoms with Crippen molar-refractivity contribution >= 4 is 50.7 Å². The van der Waals surface area contributed by atoms with Crippen LogP contribution < -0.4 is 9.62 Å². The number of rotatable bonds is 11. The molecule has 1 atom stereocenters. The molecule has 2 amide bonds. The van der Waals surface area contributed by atoms with Crippen LogP contribution in [-0.4, -0.2) is 50.5 Å². The summed E-state index contributed by atoms with van der Waals surface area (Å²) in [6.07, 6.45) is 2.76. The highest BCUT2D eigenvalue weighted by Crippen LogP contribution is 2.28. The number of hydrogen-bond donors (Lipinski definition) is 1. The summed E-state index contributed by atoms with van der Waals surface area (Å²) < 4.78 is 26.5. The lowest BCUT2D eigenvalue weighted by Gasteiger charge is -2.32. The van der Waals surface area contributed by atoms with Crippen LogP contribution in [0.3, 0.4) is 0 Å². The number of carbonyl (C=O) groups is 2. The summed E-state index contributed by atoms with van der Waals surface area (Å²) in [6.45, 7) is 7.26. The van der Waals surface area contributed by atoms with E-state index in [9.17, 15) is 18.0 Å². The molecule has 0 fully saturated rings. The zero-order valence-corrected chi connectivity index (χ0v) is 23.1. The Bertz CT molecular complexity index is 1150. The van der Waals surface area contributed by atoms with Gasteiger partial charge >= 0.3 is 0 Å². The number of unbranched alkanes of at least 4 members (excludes halogenated alkanes) is 1. The molecule has 192 valence electrons. The molecule has 2 aromatic rings. The number of anilines is 1. The third kappa shape index (κ3) is 7.85. The molecular formula is C25H33Cl2N3O4S. The Morgan fingerprint density at radius 1 is 1.09 bits per heavy atom. The first-order valence-corrected chi connectivity index (χ1v) is 14.0.